The van der Waals surface area contributed by atoms with Crippen molar-refractivity contribution in [1.29, 1.82) is 0 Å². The molecule has 1 saturated heterocycles. The summed E-state index contributed by atoms with van der Waals surface area (Å²) in [5.41, 5.74) is 1.16. The zero-order valence-corrected chi connectivity index (χ0v) is 18.4. The maximum absolute atomic E-state index is 12.9. The lowest BCUT2D eigenvalue weighted by molar-refractivity contribution is -0.140. The van der Waals surface area contributed by atoms with Gasteiger partial charge in [0.25, 0.3) is 11.7 Å². The van der Waals surface area contributed by atoms with Gasteiger partial charge in [-0.3, -0.25) is 9.59 Å². The molecule has 1 heterocycles. The van der Waals surface area contributed by atoms with Gasteiger partial charge in [-0.1, -0.05) is 37.1 Å². The van der Waals surface area contributed by atoms with E-state index in [9.17, 15) is 14.7 Å². The second-order valence-corrected chi connectivity index (χ2v) is 7.70. The normalized spacial score (nSPS) is 17.9. The Bertz CT molecular complexity index is 953. The molecule has 1 aliphatic heterocycles. The van der Waals surface area contributed by atoms with Crippen molar-refractivity contribution in [3.8, 4) is 5.75 Å². The third kappa shape index (κ3) is 5.09. The van der Waals surface area contributed by atoms with Crippen molar-refractivity contribution in [3.63, 3.8) is 0 Å². The van der Waals surface area contributed by atoms with E-state index in [2.05, 4.69) is 6.92 Å². The Morgan fingerprint density at radius 2 is 1.74 bits per heavy atom. The predicted molar refractivity (Wildman–Crippen MR) is 119 cm³/mol. The summed E-state index contributed by atoms with van der Waals surface area (Å²) in [6.07, 6.45) is 2.00. The van der Waals surface area contributed by atoms with Crippen LogP contribution in [-0.4, -0.2) is 48.6 Å². The Hall–Kier alpha value is -2.83. The summed E-state index contributed by atoms with van der Waals surface area (Å²) in [4.78, 5) is 27.1. The molecule has 7 heteroatoms. The molecule has 2 aromatic rings. The first-order valence-electron chi connectivity index (χ1n) is 10.2. The molecule has 1 N–H and O–H groups in total. The third-order valence-electron chi connectivity index (χ3n) is 5.16. The number of ketones is 1. The second-order valence-electron chi connectivity index (χ2n) is 7.26. The number of benzene rings is 2. The van der Waals surface area contributed by atoms with Gasteiger partial charge in [0, 0.05) is 24.2 Å². The number of aliphatic hydroxyl groups excluding tert-OH is 1. The van der Waals surface area contributed by atoms with Crippen LogP contribution < -0.4 is 4.74 Å². The molecule has 0 bridgehead atoms. The number of carbonyl (C=O) groups excluding carboxylic acids is 2. The summed E-state index contributed by atoms with van der Waals surface area (Å²) in [6, 6.07) is 13.0. The minimum Gasteiger partial charge on any atom is -0.507 e. The minimum atomic E-state index is -0.726. The highest BCUT2D eigenvalue weighted by molar-refractivity contribution is 6.46. The first kappa shape index (κ1) is 22.8. The molecule has 1 aliphatic rings. The van der Waals surface area contributed by atoms with E-state index >= 15 is 0 Å². The molecule has 1 unspecified atom stereocenters. The van der Waals surface area contributed by atoms with Gasteiger partial charge in [-0.15, -0.1) is 0 Å². The lowest BCUT2D eigenvalue weighted by Crippen LogP contribution is -2.32. The molecule has 0 saturated carbocycles. The zero-order valence-electron chi connectivity index (χ0n) is 17.6. The highest BCUT2D eigenvalue weighted by Crippen LogP contribution is 2.39. The summed E-state index contributed by atoms with van der Waals surface area (Å²) in [5, 5.41) is 11.5. The van der Waals surface area contributed by atoms with Gasteiger partial charge in [-0.25, -0.2) is 0 Å². The van der Waals surface area contributed by atoms with E-state index in [1.807, 2.05) is 24.3 Å². The van der Waals surface area contributed by atoms with Crippen LogP contribution in [0.15, 0.2) is 54.1 Å². The van der Waals surface area contributed by atoms with E-state index in [1.165, 1.54) is 12.0 Å². The number of hydrogen-bond donors (Lipinski definition) is 1. The first-order chi connectivity index (χ1) is 15.0. The number of halogens is 1. The fourth-order valence-corrected chi connectivity index (χ4v) is 3.62. The maximum atomic E-state index is 12.9. The number of nitrogens with zero attached hydrogens (tertiary/aromatic N) is 1. The molecule has 164 valence electrons. The number of carbonyl (C=O) groups is 2. The highest BCUT2D eigenvalue weighted by Gasteiger charge is 2.45. The largest absolute Gasteiger partial charge is 0.507 e. The van der Waals surface area contributed by atoms with Gasteiger partial charge in [-0.2, -0.15) is 0 Å². The SMILES string of the molecule is CCCCOc1ccc(C2/C(=C(/O)c3ccc(Cl)cc3)C(=O)C(=O)N2CCOC)cc1. The van der Waals surface area contributed by atoms with Crippen LogP contribution >= 0.6 is 11.6 Å². The van der Waals surface area contributed by atoms with Gasteiger partial charge in [0.15, 0.2) is 0 Å². The molecule has 1 amide bonds. The van der Waals surface area contributed by atoms with Crippen LogP contribution in [0.2, 0.25) is 5.02 Å². The number of methoxy groups -OCH3 is 1. The van der Waals surface area contributed by atoms with E-state index < -0.39 is 17.7 Å². The van der Waals surface area contributed by atoms with Crippen LogP contribution in [0, 0.1) is 0 Å². The van der Waals surface area contributed by atoms with Crippen molar-refractivity contribution in [2.75, 3.05) is 26.9 Å². The number of amides is 1. The first-order valence-corrected chi connectivity index (χ1v) is 10.6. The average Bonchev–Trinajstić information content (AvgIpc) is 3.03. The topological polar surface area (TPSA) is 76.1 Å². The number of hydrogen-bond acceptors (Lipinski definition) is 5. The molecule has 3 rings (SSSR count). The van der Waals surface area contributed by atoms with E-state index in [1.54, 1.807) is 24.3 Å². The van der Waals surface area contributed by atoms with Crippen molar-refractivity contribution in [2.24, 2.45) is 0 Å². The van der Waals surface area contributed by atoms with Crippen LogP contribution in [-0.2, 0) is 14.3 Å². The molecule has 1 fully saturated rings. The van der Waals surface area contributed by atoms with Gasteiger partial charge < -0.3 is 19.5 Å². The summed E-state index contributed by atoms with van der Waals surface area (Å²) in [5.74, 6) is -0.912. The van der Waals surface area contributed by atoms with Gasteiger partial charge >= 0.3 is 0 Å². The number of unbranched alkanes of at least 4 members (excludes halogenated alkanes) is 1. The van der Waals surface area contributed by atoms with Gasteiger partial charge in [0.2, 0.25) is 0 Å². The molecule has 6 nitrogen and oxygen atoms in total. The Morgan fingerprint density at radius 1 is 1.06 bits per heavy atom. The Labute approximate surface area is 187 Å². The summed E-state index contributed by atoms with van der Waals surface area (Å²) >= 11 is 5.94. The minimum absolute atomic E-state index is 0.0445. The van der Waals surface area contributed by atoms with Crippen molar-refractivity contribution in [3.05, 3.63) is 70.3 Å². The van der Waals surface area contributed by atoms with Gasteiger partial charge in [0.1, 0.15) is 11.5 Å². The molecular formula is C24H26ClNO5. The highest BCUT2D eigenvalue weighted by atomic mass is 35.5. The average molecular weight is 444 g/mol. The van der Waals surface area contributed by atoms with Crippen LogP contribution in [0.25, 0.3) is 5.76 Å². The third-order valence-corrected chi connectivity index (χ3v) is 5.41. The number of rotatable bonds is 9. The maximum Gasteiger partial charge on any atom is 0.295 e. The van der Waals surface area contributed by atoms with E-state index in [0.717, 1.165) is 12.8 Å². The molecule has 1 atom stereocenters. The molecular weight excluding hydrogens is 418 g/mol. The summed E-state index contributed by atoms with van der Waals surface area (Å²) in [6.45, 7) is 3.20. The lowest BCUT2D eigenvalue weighted by Gasteiger charge is -2.25. The Kier molecular flexibility index (Phi) is 7.71. The van der Waals surface area contributed by atoms with Crippen LogP contribution in [0.1, 0.15) is 36.9 Å². The zero-order chi connectivity index (χ0) is 22.4. The van der Waals surface area contributed by atoms with Crippen molar-refractivity contribution in [2.45, 2.75) is 25.8 Å². The van der Waals surface area contributed by atoms with E-state index in [-0.39, 0.29) is 24.5 Å². The number of ether oxygens (including phenoxy) is 2. The van der Waals surface area contributed by atoms with Crippen LogP contribution in [0.3, 0.4) is 0 Å². The monoisotopic (exact) mass is 443 g/mol. The molecule has 31 heavy (non-hydrogen) atoms. The fraction of sp³-hybridized carbons (Fsp3) is 0.333. The predicted octanol–water partition coefficient (Wildman–Crippen LogP) is 4.59. The Balaban J connectivity index is 2.02. The Morgan fingerprint density at radius 3 is 2.35 bits per heavy atom. The number of aliphatic hydroxyl groups is 1. The van der Waals surface area contributed by atoms with E-state index in [4.69, 9.17) is 21.1 Å². The molecule has 0 aliphatic carbocycles. The fourth-order valence-electron chi connectivity index (χ4n) is 3.49. The van der Waals surface area contributed by atoms with Gasteiger partial charge in [0.05, 0.1) is 24.8 Å². The summed E-state index contributed by atoms with van der Waals surface area (Å²) < 4.78 is 10.8. The molecule has 0 spiro atoms. The van der Waals surface area contributed by atoms with Crippen LogP contribution in [0.5, 0.6) is 5.75 Å². The molecule has 2 aromatic carbocycles. The smallest absolute Gasteiger partial charge is 0.295 e. The van der Waals surface area contributed by atoms with E-state index in [0.29, 0.717) is 28.5 Å². The second kappa shape index (κ2) is 10.5. The number of Topliss-reactive ketones (excluding diaryl/α,β-unsaturated/α-hetero) is 1. The van der Waals surface area contributed by atoms with Gasteiger partial charge in [-0.05, 0) is 48.4 Å². The summed E-state index contributed by atoms with van der Waals surface area (Å²) in [7, 11) is 1.53. The standard InChI is InChI=1S/C24H26ClNO5/c1-3-4-14-31-19-11-7-16(8-12-19)21-20(22(27)17-5-9-18(25)10-6-17)23(28)24(29)26(21)13-15-30-2/h5-12,21,27H,3-4,13-15H2,1-2H3/b22-20-. The lowest BCUT2D eigenvalue weighted by atomic mass is 9.95. The van der Waals surface area contributed by atoms with Crippen molar-refractivity contribution in [1.82, 2.24) is 4.90 Å². The molecule has 0 radical (unpaired) electrons. The van der Waals surface area contributed by atoms with Crippen molar-refractivity contribution >= 4 is 29.1 Å². The number of likely N-dealkylation sites (tertiary alicyclic amines) is 1. The van der Waals surface area contributed by atoms with Crippen LogP contribution in [0.4, 0.5) is 0 Å². The van der Waals surface area contributed by atoms with Crippen molar-refractivity contribution < 1.29 is 24.2 Å². The molecule has 0 aromatic heterocycles. The quantitative estimate of drug-likeness (QED) is 0.265.